The molecule has 82 valence electrons. The van der Waals surface area contributed by atoms with Crippen LogP contribution in [0.25, 0.3) is 10.9 Å². The maximum atomic E-state index is 9.74. The molecule has 2 unspecified atom stereocenters. The summed E-state index contributed by atoms with van der Waals surface area (Å²) in [7, 11) is 0. The lowest BCUT2D eigenvalue weighted by molar-refractivity contribution is 0.0538. The van der Waals surface area contributed by atoms with Crippen LogP contribution in [0.5, 0.6) is 0 Å². The number of H-pyrrole nitrogens is 1. The average molecular weight is 281 g/mol. The van der Waals surface area contributed by atoms with Crippen LogP contribution in [0.15, 0.2) is 28.9 Å². The van der Waals surface area contributed by atoms with Crippen molar-refractivity contribution in [2.24, 2.45) is 0 Å². The molecule has 0 radical (unpaired) electrons. The van der Waals surface area contributed by atoms with Crippen molar-refractivity contribution < 1.29 is 10.2 Å². The van der Waals surface area contributed by atoms with Gasteiger partial charge in [-0.25, -0.2) is 0 Å². The van der Waals surface area contributed by atoms with E-state index in [0.717, 1.165) is 15.4 Å². The summed E-state index contributed by atoms with van der Waals surface area (Å²) in [6.45, 7) is 0. The van der Waals surface area contributed by atoms with E-state index >= 15 is 0 Å². The third kappa shape index (κ3) is 1.83. The molecule has 0 amide bonds. The van der Waals surface area contributed by atoms with E-state index in [1.807, 2.05) is 18.2 Å². The number of benzene rings is 1. The summed E-state index contributed by atoms with van der Waals surface area (Å²) < 4.78 is 0.920. The van der Waals surface area contributed by atoms with Gasteiger partial charge < -0.3 is 15.2 Å². The second kappa shape index (κ2) is 4.26. The van der Waals surface area contributed by atoms with Crippen LogP contribution in [0.4, 0.5) is 0 Å². The first-order valence-corrected chi connectivity index (χ1v) is 5.45. The van der Waals surface area contributed by atoms with E-state index in [2.05, 4.69) is 20.9 Å². The van der Waals surface area contributed by atoms with Gasteiger partial charge >= 0.3 is 0 Å². The molecular weight excluding hydrogens is 272 g/mol. The fourth-order valence-electron chi connectivity index (χ4n) is 1.61. The Morgan fingerprint density at radius 3 is 2.81 bits per heavy atom. The quantitative estimate of drug-likeness (QED) is 0.735. The fourth-order valence-corrected chi connectivity index (χ4v) is 1.97. The Morgan fingerprint density at radius 2 is 2.12 bits per heavy atom. The van der Waals surface area contributed by atoms with Gasteiger partial charge in [0.25, 0.3) is 0 Å². The van der Waals surface area contributed by atoms with Gasteiger partial charge in [-0.15, -0.1) is 0 Å². The highest BCUT2D eigenvalue weighted by molar-refractivity contribution is 9.10. The highest BCUT2D eigenvalue weighted by Gasteiger charge is 2.20. The van der Waals surface area contributed by atoms with E-state index in [9.17, 15) is 10.2 Å². The molecule has 1 aromatic carbocycles. The summed E-state index contributed by atoms with van der Waals surface area (Å²) in [5, 5.41) is 28.4. The molecule has 2 aromatic rings. The highest BCUT2D eigenvalue weighted by atomic mass is 79.9. The molecule has 5 heteroatoms. The molecule has 3 N–H and O–H groups in total. The summed E-state index contributed by atoms with van der Waals surface area (Å²) in [5.74, 6) is 0. The molecule has 0 aliphatic heterocycles. The zero-order chi connectivity index (χ0) is 11.7. The van der Waals surface area contributed by atoms with E-state index in [1.165, 1.54) is 0 Å². The molecule has 0 spiro atoms. The average Bonchev–Trinajstić information content (AvgIpc) is 2.69. The summed E-state index contributed by atoms with van der Waals surface area (Å²) in [6.07, 6.45) is -1.01. The van der Waals surface area contributed by atoms with Gasteiger partial charge in [0.2, 0.25) is 0 Å². The fraction of sp³-hybridized carbons (Fsp3) is 0.182. The van der Waals surface area contributed by atoms with Crippen LogP contribution in [0, 0.1) is 11.3 Å². The predicted molar refractivity (Wildman–Crippen MR) is 62.6 cm³/mol. The zero-order valence-electron chi connectivity index (χ0n) is 8.18. The number of nitriles is 1. The van der Waals surface area contributed by atoms with E-state index in [0.29, 0.717) is 5.56 Å². The predicted octanol–water partition coefficient (Wildman–Crippen LogP) is 1.85. The molecule has 0 fully saturated rings. The Kier molecular flexibility index (Phi) is 2.97. The second-order valence-corrected chi connectivity index (χ2v) is 4.37. The van der Waals surface area contributed by atoms with E-state index in [-0.39, 0.29) is 0 Å². The molecule has 0 saturated heterocycles. The smallest absolute Gasteiger partial charge is 0.170 e. The van der Waals surface area contributed by atoms with Gasteiger partial charge in [-0.1, -0.05) is 22.0 Å². The van der Waals surface area contributed by atoms with Crippen LogP contribution in [-0.4, -0.2) is 21.3 Å². The van der Waals surface area contributed by atoms with Crippen molar-refractivity contribution in [1.82, 2.24) is 4.98 Å². The third-order valence-electron chi connectivity index (χ3n) is 2.43. The monoisotopic (exact) mass is 280 g/mol. The summed E-state index contributed by atoms with van der Waals surface area (Å²) >= 11 is 3.34. The van der Waals surface area contributed by atoms with Crippen LogP contribution in [-0.2, 0) is 0 Å². The van der Waals surface area contributed by atoms with Crippen molar-refractivity contribution in [1.29, 1.82) is 5.26 Å². The molecule has 1 aromatic heterocycles. The zero-order valence-corrected chi connectivity index (χ0v) is 9.77. The minimum atomic E-state index is -1.41. The van der Waals surface area contributed by atoms with Crippen LogP contribution in [0.2, 0.25) is 0 Å². The Hall–Kier alpha value is -1.35. The lowest BCUT2D eigenvalue weighted by Gasteiger charge is -2.10. The molecule has 0 bridgehead atoms. The van der Waals surface area contributed by atoms with Gasteiger partial charge in [-0.05, 0) is 12.1 Å². The van der Waals surface area contributed by atoms with Crippen LogP contribution in [0.1, 0.15) is 11.7 Å². The second-order valence-electron chi connectivity index (χ2n) is 3.45. The number of aromatic amines is 1. The summed E-state index contributed by atoms with van der Waals surface area (Å²) in [4.78, 5) is 2.98. The number of nitrogens with zero attached hydrogens (tertiary/aromatic N) is 1. The number of aromatic nitrogens is 1. The molecule has 1 heterocycles. The maximum Gasteiger partial charge on any atom is 0.170 e. The minimum Gasteiger partial charge on any atom is -0.384 e. The highest BCUT2D eigenvalue weighted by Crippen LogP contribution is 2.28. The third-order valence-corrected chi connectivity index (χ3v) is 2.92. The number of nitrogens with one attached hydrogen (secondary N) is 1. The van der Waals surface area contributed by atoms with Crippen molar-refractivity contribution in [2.75, 3.05) is 0 Å². The van der Waals surface area contributed by atoms with Gasteiger partial charge in [0, 0.05) is 27.1 Å². The first-order chi connectivity index (χ1) is 7.63. The van der Waals surface area contributed by atoms with Crippen molar-refractivity contribution in [3.8, 4) is 6.07 Å². The molecule has 0 aliphatic carbocycles. The topological polar surface area (TPSA) is 80.0 Å². The normalized spacial score (nSPS) is 14.6. The summed E-state index contributed by atoms with van der Waals surface area (Å²) in [5.41, 5.74) is 1.37. The van der Waals surface area contributed by atoms with Crippen molar-refractivity contribution in [3.63, 3.8) is 0 Å². The Labute approximate surface area is 100 Å². The van der Waals surface area contributed by atoms with E-state index in [1.54, 1.807) is 12.3 Å². The Balaban J connectivity index is 2.51. The molecule has 0 aliphatic rings. The van der Waals surface area contributed by atoms with Crippen LogP contribution >= 0.6 is 15.9 Å². The number of rotatable bonds is 2. The van der Waals surface area contributed by atoms with Crippen molar-refractivity contribution >= 4 is 26.8 Å². The lowest BCUT2D eigenvalue weighted by atomic mass is 10.0. The number of halogens is 1. The first-order valence-electron chi connectivity index (χ1n) is 4.66. The molecule has 0 saturated carbocycles. The number of hydrogen-bond donors (Lipinski definition) is 3. The van der Waals surface area contributed by atoms with Crippen LogP contribution < -0.4 is 0 Å². The standard InChI is InChI=1S/C11H9BrN2O2/c12-6-1-2-7-8(5-14-9(7)3-6)11(16)10(15)4-13/h1-3,5,10-11,14-16H. The number of aliphatic hydroxyl groups excluding tert-OH is 2. The molecule has 4 nitrogen and oxygen atoms in total. The van der Waals surface area contributed by atoms with Crippen LogP contribution in [0.3, 0.4) is 0 Å². The lowest BCUT2D eigenvalue weighted by Crippen LogP contribution is -2.15. The van der Waals surface area contributed by atoms with Crippen molar-refractivity contribution in [2.45, 2.75) is 12.2 Å². The Bertz CT molecular complexity index is 559. The van der Waals surface area contributed by atoms with Gasteiger partial charge in [0.15, 0.2) is 6.10 Å². The van der Waals surface area contributed by atoms with Gasteiger partial charge in [0.1, 0.15) is 6.10 Å². The number of aliphatic hydroxyl groups is 2. The Morgan fingerprint density at radius 1 is 1.38 bits per heavy atom. The van der Waals surface area contributed by atoms with E-state index in [4.69, 9.17) is 5.26 Å². The number of hydrogen-bond acceptors (Lipinski definition) is 3. The summed E-state index contributed by atoms with van der Waals surface area (Å²) in [6, 6.07) is 7.13. The van der Waals surface area contributed by atoms with Crippen molar-refractivity contribution in [3.05, 3.63) is 34.4 Å². The van der Waals surface area contributed by atoms with Gasteiger partial charge in [0.05, 0.1) is 6.07 Å². The first kappa shape index (κ1) is 11.1. The molecule has 2 atom stereocenters. The number of fused-ring (bicyclic) bond motifs is 1. The maximum absolute atomic E-state index is 9.74. The van der Waals surface area contributed by atoms with Gasteiger partial charge in [-0.3, -0.25) is 0 Å². The SMILES string of the molecule is N#CC(O)C(O)c1c[nH]c2cc(Br)ccc12. The van der Waals surface area contributed by atoms with Gasteiger partial charge in [-0.2, -0.15) is 5.26 Å². The van der Waals surface area contributed by atoms with E-state index < -0.39 is 12.2 Å². The minimum absolute atomic E-state index is 0.525. The molecule has 16 heavy (non-hydrogen) atoms. The molecule has 2 rings (SSSR count). The molecular formula is C11H9BrN2O2. The largest absolute Gasteiger partial charge is 0.384 e.